The van der Waals surface area contributed by atoms with Crippen molar-refractivity contribution in [2.45, 2.75) is 19.4 Å². The number of nitrogens with zero attached hydrogens (tertiary/aromatic N) is 1. The van der Waals surface area contributed by atoms with E-state index in [1.54, 1.807) is 25.1 Å². The number of carbonyl (C=O) groups is 2. The maximum absolute atomic E-state index is 11.7. The van der Waals surface area contributed by atoms with Crippen LogP contribution in [-0.2, 0) is 14.3 Å². The molecule has 1 aromatic carbocycles. The van der Waals surface area contributed by atoms with E-state index in [1.807, 2.05) is 0 Å². The van der Waals surface area contributed by atoms with Crippen LogP contribution in [0.15, 0.2) is 30.3 Å². The molecular weight excluding hydrogens is 276 g/mol. The van der Waals surface area contributed by atoms with Crippen LogP contribution in [0, 0.1) is 10.1 Å². The van der Waals surface area contributed by atoms with Gasteiger partial charge in [-0.15, -0.1) is 0 Å². The first-order valence-electron chi connectivity index (χ1n) is 6.23. The maximum atomic E-state index is 11.7. The Hall–Kier alpha value is -2.70. The maximum Gasteiger partial charge on any atom is 0.307 e. The molecule has 1 aromatic rings. The van der Waals surface area contributed by atoms with Gasteiger partial charge in [-0.05, 0) is 19.1 Å². The summed E-state index contributed by atoms with van der Waals surface area (Å²) in [7, 11) is 1.27. The van der Waals surface area contributed by atoms with E-state index in [0.717, 1.165) is 0 Å². The molecule has 1 rings (SSSR count). The van der Waals surface area contributed by atoms with Gasteiger partial charge < -0.3 is 10.1 Å². The zero-order chi connectivity index (χ0) is 15.8. The van der Waals surface area contributed by atoms with Gasteiger partial charge >= 0.3 is 5.97 Å². The van der Waals surface area contributed by atoms with E-state index >= 15 is 0 Å². The largest absolute Gasteiger partial charge is 0.469 e. The Morgan fingerprint density at radius 3 is 2.71 bits per heavy atom. The fourth-order valence-electron chi connectivity index (χ4n) is 1.64. The number of para-hydroxylation sites is 1. The highest BCUT2D eigenvalue weighted by Gasteiger charge is 2.12. The minimum atomic E-state index is -0.516. The van der Waals surface area contributed by atoms with Crippen LogP contribution in [0.5, 0.6) is 0 Å². The van der Waals surface area contributed by atoms with Crippen molar-refractivity contribution in [2.24, 2.45) is 0 Å². The second-order valence-electron chi connectivity index (χ2n) is 4.34. The predicted octanol–water partition coefficient (Wildman–Crippen LogP) is 1.68. The number of carbonyl (C=O) groups excluding carboxylic acids is 2. The third-order valence-corrected chi connectivity index (χ3v) is 2.64. The van der Waals surface area contributed by atoms with E-state index < -0.39 is 16.8 Å². The van der Waals surface area contributed by atoms with Crippen molar-refractivity contribution in [1.29, 1.82) is 0 Å². The Labute approximate surface area is 121 Å². The molecule has 0 saturated carbocycles. The molecule has 0 radical (unpaired) electrons. The Kier molecular flexibility index (Phi) is 6.06. The number of esters is 1. The molecule has 0 aromatic heterocycles. The molecule has 7 heteroatoms. The molecule has 7 nitrogen and oxygen atoms in total. The molecule has 21 heavy (non-hydrogen) atoms. The van der Waals surface area contributed by atoms with Crippen LogP contribution in [0.2, 0.25) is 0 Å². The van der Waals surface area contributed by atoms with Crippen LogP contribution in [0.1, 0.15) is 18.9 Å². The summed E-state index contributed by atoms with van der Waals surface area (Å²) in [6.45, 7) is 1.66. The second kappa shape index (κ2) is 7.78. The van der Waals surface area contributed by atoms with E-state index in [0.29, 0.717) is 5.56 Å². The first-order valence-corrected chi connectivity index (χ1v) is 6.23. The number of hydrogen-bond donors (Lipinski definition) is 1. The summed E-state index contributed by atoms with van der Waals surface area (Å²) in [5.74, 6) is -0.866. The Morgan fingerprint density at radius 2 is 2.10 bits per heavy atom. The van der Waals surface area contributed by atoms with E-state index in [1.165, 1.54) is 25.3 Å². The van der Waals surface area contributed by atoms with E-state index in [4.69, 9.17) is 0 Å². The van der Waals surface area contributed by atoms with Crippen LogP contribution in [-0.4, -0.2) is 30.0 Å². The average molecular weight is 292 g/mol. The number of rotatable bonds is 6. The lowest BCUT2D eigenvalue weighted by Gasteiger charge is -2.10. The summed E-state index contributed by atoms with van der Waals surface area (Å²) >= 11 is 0. The Bertz CT molecular complexity index is 568. The van der Waals surface area contributed by atoms with Crippen molar-refractivity contribution < 1.29 is 19.2 Å². The number of hydrogen-bond acceptors (Lipinski definition) is 5. The molecule has 0 aliphatic rings. The molecule has 0 aliphatic carbocycles. The number of ether oxygens (including phenoxy) is 1. The Morgan fingerprint density at radius 1 is 1.43 bits per heavy atom. The van der Waals surface area contributed by atoms with Crippen molar-refractivity contribution in [3.63, 3.8) is 0 Å². The molecule has 112 valence electrons. The van der Waals surface area contributed by atoms with Crippen LogP contribution in [0.4, 0.5) is 5.69 Å². The van der Waals surface area contributed by atoms with Gasteiger partial charge in [0.15, 0.2) is 0 Å². The highest BCUT2D eigenvalue weighted by Crippen LogP contribution is 2.18. The highest BCUT2D eigenvalue weighted by molar-refractivity contribution is 5.92. The zero-order valence-corrected chi connectivity index (χ0v) is 11.7. The first-order chi connectivity index (χ1) is 9.93. The molecule has 0 saturated heterocycles. The molecule has 0 heterocycles. The summed E-state index contributed by atoms with van der Waals surface area (Å²) in [6, 6.07) is 5.70. The topological polar surface area (TPSA) is 98.5 Å². The molecule has 0 bridgehead atoms. The minimum Gasteiger partial charge on any atom is -0.469 e. The number of nitro groups is 1. The standard InChI is InChI=1S/C14H16N2O5/c1-10(9-14(18)21-2)15-13(17)8-7-11-5-3-4-6-12(11)16(19)20/h3-8,10H,9H2,1-2H3,(H,15,17)/b8-7+. The number of amides is 1. The fraction of sp³-hybridized carbons (Fsp3) is 0.286. The summed E-state index contributed by atoms with van der Waals surface area (Å²) in [4.78, 5) is 33.0. The smallest absolute Gasteiger partial charge is 0.307 e. The first kappa shape index (κ1) is 16.4. The van der Waals surface area contributed by atoms with E-state index in [9.17, 15) is 19.7 Å². The van der Waals surface area contributed by atoms with Gasteiger partial charge in [0.05, 0.1) is 24.0 Å². The fourth-order valence-corrected chi connectivity index (χ4v) is 1.64. The summed E-state index contributed by atoms with van der Waals surface area (Å²) < 4.78 is 4.49. The van der Waals surface area contributed by atoms with Crippen LogP contribution < -0.4 is 5.32 Å². The van der Waals surface area contributed by atoms with Crippen molar-refractivity contribution in [3.05, 3.63) is 46.0 Å². The third-order valence-electron chi connectivity index (χ3n) is 2.64. The van der Waals surface area contributed by atoms with Gasteiger partial charge in [-0.2, -0.15) is 0 Å². The van der Waals surface area contributed by atoms with Crippen molar-refractivity contribution >= 4 is 23.6 Å². The molecule has 1 N–H and O–H groups in total. The number of methoxy groups -OCH3 is 1. The van der Waals surface area contributed by atoms with Gasteiger partial charge in [0.1, 0.15) is 0 Å². The van der Waals surface area contributed by atoms with Crippen LogP contribution in [0.3, 0.4) is 0 Å². The lowest BCUT2D eigenvalue weighted by Crippen LogP contribution is -2.33. The van der Waals surface area contributed by atoms with Crippen molar-refractivity contribution in [2.75, 3.05) is 7.11 Å². The summed E-state index contributed by atoms with van der Waals surface area (Å²) in [6.07, 6.45) is 2.61. The SMILES string of the molecule is COC(=O)CC(C)NC(=O)/C=C/c1ccccc1[N+](=O)[O-]. The lowest BCUT2D eigenvalue weighted by atomic mass is 10.1. The van der Waals surface area contributed by atoms with Gasteiger partial charge in [-0.1, -0.05) is 12.1 Å². The highest BCUT2D eigenvalue weighted by atomic mass is 16.6. The number of nitrogens with one attached hydrogen (secondary N) is 1. The molecule has 1 unspecified atom stereocenters. The number of benzene rings is 1. The predicted molar refractivity (Wildman–Crippen MR) is 76.4 cm³/mol. The zero-order valence-electron chi connectivity index (χ0n) is 11.7. The van der Waals surface area contributed by atoms with Gasteiger partial charge in [-0.25, -0.2) is 0 Å². The van der Waals surface area contributed by atoms with Crippen molar-refractivity contribution in [1.82, 2.24) is 5.32 Å². The molecule has 0 aliphatic heterocycles. The Balaban J connectivity index is 2.66. The van der Waals surface area contributed by atoms with E-state index in [-0.39, 0.29) is 18.2 Å². The molecule has 0 spiro atoms. The second-order valence-corrected chi connectivity index (χ2v) is 4.34. The number of nitro benzene ring substituents is 1. The van der Waals surface area contributed by atoms with Crippen LogP contribution in [0.25, 0.3) is 6.08 Å². The lowest BCUT2D eigenvalue weighted by molar-refractivity contribution is -0.385. The summed E-state index contributed by atoms with van der Waals surface area (Å²) in [5, 5.41) is 13.4. The van der Waals surface area contributed by atoms with Gasteiger partial charge in [0.25, 0.3) is 5.69 Å². The van der Waals surface area contributed by atoms with Gasteiger partial charge in [0, 0.05) is 18.2 Å². The average Bonchev–Trinajstić information content (AvgIpc) is 2.44. The van der Waals surface area contributed by atoms with E-state index in [2.05, 4.69) is 10.1 Å². The van der Waals surface area contributed by atoms with Crippen LogP contribution >= 0.6 is 0 Å². The molecular formula is C14H16N2O5. The molecule has 1 amide bonds. The quantitative estimate of drug-likeness (QED) is 0.372. The third kappa shape index (κ3) is 5.43. The van der Waals surface area contributed by atoms with Gasteiger partial charge in [-0.3, -0.25) is 19.7 Å². The van der Waals surface area contributed by atoms with Crippen molar-refractivity contribution in [3.8, 4) is 0 Å². The molecule has 0 fully saturated rings. The minimum absolute atomic E-state index is 0.0571. The molecule has 1 atom stereocenters. The monoisotopic (exact) mass is 292 g/mol. The summed E-state index contributed by atoms with van der Waals surface area (Å²) in [5.41, 5.74) is 0.252. The normalized spacial score (nSPS) is 11.9. The van der Waals surface area contributed by atoms with Gasteiger partial charge in [0.2, 0.25) is 5.91 Å².